The Kier molecular flexibility index (Phi) is 3.76. The van der Waals surface area contributed by atoms with Gasteiger partial charge in [0.2, 0.25) is 11.8 Å². The molecule has 2 aromatic carbocycles. The number of nitrogens with zero attached hydrogens (tertiary/aromatic N) is 2. The van der Waals surface area contributed by atoms with Crippen molar-refractivity contribution in [1.29, 1.82) is 0 Å². The maximum Gasteiger partial charge on any atom is 0.234 e. The maximum absolute atomic E-state index is 13.0. The first-order valence-electron chi connectivity index (χ1n) is 9.54. The Labute approximate surface area is 159 Å². The van der Waals surface area contributed by atoms with Crippen LogP contribution in [-0.2, 0) is 9.59 Å². The van der Waals surface area contributed by atoms with Crippen molar-refractivity contribution in [3.63, 3.8) is 0 Å². The first kappa shape index (κ1) is 16.5. The third-order valence-corrected chi connectivity index (χ3v) is 6.34. The molecule has 0 bridgehead atoms. The Balaban J connectivity index is 1.61. The number of carbonyl (C=O) groups is 2. The SMILES string of the molecule is CN1C(=O)[C@@H]2[C@H](C1=O)[C@H](c1ccccc1)N1CC/C(=C\c3ccccc3)[C@H]21. The van der Waals surface area contributed by atoms with Crippen molar-refractivity contribution in [2.75, 3.05) is 13.6 Å². The van der Waals surface area contributed by atoms with Crippen molar-refractivity contribution in [3.8, 4) is 0 Å². The van der Waals surface area contributed by atoms with E-state index in [1.54, 1.807) is 7.05 Å². The van der Waals surface area contributed by atoms with Crippen LogP contribution in [0.4, 0.5) is 0 Å². The Bertz CT molecular complexity index is 922. The van der Waals surface area contributed by atoms with Gasteiger partial charge in [-0.15, -0.1) is 0 Å². The molecule has 0 aromatic heterocycles. The van der Waals surface area contributed by atoms with E-state index in [9.17, 15) is 9.59 Å². The van der Waals surface area contributed by atoms with Crippen molar-refractivity contribution >= 4 is 17.9 Å². The highest BCUT2D eigenvalue weighted by Crippen LogP contribution is 2.54. The molecule has 3 aliphatic rings. The van der Waals surface area contributed by atoms with Crippen LogP contribution in [0.25, 0.3) is 6.08 Å². The van der Waals surface area contributed by atoms with E-state index in [4.69, 9.17) is 0 Å². The van der Waals surface area contributed by atoms with E-state index in [0.29, 0.717) is 0 Å². The minimum Gasteiger partial charge on any atom is -0.288 e. The van der Waals surface area contributed by atoms with Crippen LogP contribution in [0.1, 0.15) is 23.6 Å². The highest BCUT2D eigenvalue weighted by atomic mass is 16.2. The van der Waals surface area contributed by atoms with Crippen molar-refractivity contribution < 1.29 is 9.59 Å². The molecule has 0 radical (unpaired) electrons. The molecule has 4 atom stereocenters. The van der Waals surface area contributed by atoms with E-state index in [1.165, 1.54) is 10.5 Å². The van der Waals surface area contributed by atoms with Gasteiger partial charge in [-0.05, 0) is 17.5 Å². The lowest BCUT2D eigenvalue weighted by Crippen LogP contribution is -2.37. The van der Waals surface area contributed by atoms with E-state index >= 15 is 0 Å². The summed E-state index contributed by atoms with van der Waals surface area (Å²) in [6, 6.07) is 20.4. The fourth-order valence-electron chi connectivity index (χ4n) is 5.21. The lowest BCUT2D eigenvalue weighted by Gasteiger charge is -2.28. The zero-order valence-electron chi connectivity index (χ0n) is 15.3. The Hall–Kier alpha value is -2.72. The van der Waals surface area contributed by atoms with E-state index in [2.05, 4.69) is 35.2 Å². The first-order chi connectivity index (χ1) is 13.2. The van der Waals surface area contributed by atoms with Crippen LogP contribution >= 0.6 is 0 Å². The first-order valence-corrected chi connectivity index (χ1v) is 9.54. The molecule has 3 saturated heterocycles. The van der Waals surface area contributed by atoms with Crippen LogP contribution in [0.15, 0.2) is 66.2 Å². The number of benzene rings is 2. The number of likely N-dealkylation sites (tertiary alicyclic amines) is 1. The average Bonchev–Trinajstić information content (AvgIpc) is 3.31. The zero-order valence-corrected chi connectivity index (χ0v) is 15.3. The van der Waals surface area contributed by atoms with E-state index in [1.807, 2.05) is 36.4 Å². The molecule has 27 heavy (non-hydrogen) atoms. The van der Waals surface area contributed by atoms with Crippen molar-refractivity contribution in [1.82, 2.24) is 9.80 Å². The molecule has 4 heteroatoms. The molecule has 3 aliphatic heterocycles. The second kappa shape index (κ2) is 6.17. The largest absolute Gasteiger partial charge is 0.288 e. The third-order valence-electron chi connectivity index (χ3n) is 6.34. The number of carbonyl (C=O) groups excluding carboxylic acids is 2. The summed E-state index contributed by atoms with van der Waals surface area (Å²) in [6.45, 7) is 0.889. The summed E-state index contributed by atoms with van der Waals surface area (Å²) in [5.41, 5.74) is 3.55. The summed E-state index contributed by atoms with van der Waals surface area (Å²) >= 11 is 0. The van der Waals surface area contributed by atoms with Crippen LogP contribution in [0, 0.1) is 11.8 Å². The number of imide groups is 1. The van der Waals surface area contributed by atoms with Gasteiger partial charge in [-0.3, -0.25) is 19.4 Å². The fourth-order valence-corrected chi connectivity index (χ4v) is 5.21. The molecule has 0 N–H and O–H groups in total. The smallest absolute Gasteiger partial charge is 0.234 e. The van der Waals surface area contributed by atoms with Crippen molar-refractivity contribution in [2.24, 2.45) is 11.8 Å². The zero-order chi connectivity index (χ0) is 18.5. The fraction of sp³-hybridized carbons (Fsp3) is 0.304. The van der Waals surface area contributed by atoms with Gasteiger partial charge in [-0.2, -0.15) is 0 Å². The van der Waals surface area contributed by atoms with Crippen LogP contribution in [0.2, 0.25) is 0 Å². The second-order valence-electron chi connectivity index (χ2n) is 7.71. The standard InChI is InChI=1S/C23H22N2O2/c1-24-22(26)18-19(23(24)27)21-17(14-15-8-4-2-5-9-15)12-13-25(21)20(18)16-10-6-3-7-11-16/h2-11,14,18-21H,12-13H2,1H3/b17-14+/t18-,19+,20-,21+/m0/s1. The van der Waals surface area contributed by atoms with Crippen LogP contribution in [-0.4, -0.2) is 41.2 Å². The molecule has 0 unspecified atom stereocenters. The molecular formula is C23H22N2O2. The van der Waals surface area contributed by atoms with Gasteiger partial charge in [0.1, 0.15) is 0 Å². The molecule has 0 aliphatic carbocycles. The molecule has 5 rings (SSSR count). The van der Waals surface area contributed by atoms with Gasteiger partial charge >= 0.3 is 0 Å². The van der Waals surface area contributed by atoms with E-state index in [0.717, 1.165) is 24.1 Å². The molecule has 0 spiro atoms. The van der Waals surface area contributed by atoms with Crippen LogP contribution in [0.3, 0.4) is 0 Å². The minimum atomic E-state index is -0.283. The van der Waals surface area contributed by atoms with Crippen molar-refractivity contribution in [3.05, 3.63) is 77.4 Å². The summed E-state index contributed by atoms with van der Waals surface area (Å²) in [5.74, 6) is -0.619. The van der Waals surface area contributed by atoms with Gasteiger partial charge in [0.15, 0.2) is 0 Å². The van der Waals surface area contributed by atoms with Crippen molar-refractivity contribution in [2.45, 2.75) is 18.5 Å². The predicted octanol–water partition coefficient (Wildman–Crippen LogP) is 3.13. The summed E-state index contributed by atoms with van der Waals surface area (Å²) in [5, 5.41) is 0. The second-order valence-corrected chi connectivity index (χ2v) is 7.71. The number of hydrogen-bond acceptors (Lipinski definition) is 3. The quantitative estimate of drug-likeness (QED) is 0.775. The summed E-state index contributed by atoms with van der Waals surface area (Å²) in [4.78, 5) is 29.6. The normalized spacial score (nSPS) is 31.6. The number of fused-ring (bicyclic) bond motifs is 3. The lowest BCUT2D eigenvalue weighted by atomic mass is 9.83. The topological polar surface area (TPSA) is 40.6 Å². The van der Waals surface area contributed by atoms with Crippen LogP contribution in [0.5, 0.6) is 0 Å². The maximum atomic E-state index is 13.0. The molecule has 2 aromatic rings. The van der Waals surface area contributed by atoms with Gasteiger partial charge in [0.25, 0.3) is 0 Å². The average molecular weight is 358 g/mol. The highest BCUT2D eigenvalue weighted by Gasteiger charge is 2.63. The van der Waals surface area contributed by atoms with E-state index in [-0.39, 0.29) is 35.7 Å². The van der Waals surface area contributed by atoms with Crippen LogP contribution < -0.4 is 0 Å². The molecule has 0 saturated carbocycles. The van der Waals surface area contributed by atoms with E-state index < -0.39 is 0 Å². The molecule has 3 fully saturated rings. The summed E-state index contributed by atoms with van der Waals surface area (Å²) < 4.78 is 0. The predicted molar refractivity (Wildman–Crippen MR) is 103 cm³/mol. The summed E-state index contributed by atoms with van der Waals surface area (Å²) in [6.07, 6.45) is 3.16. The minimum absolute atomic E-state index is 0.0156. The van der Waals surface area contributed by atoms with Gasteiger partial charge in [-0.25, -0.2) is 0 Å². The molecular weight excluding hydrogens is 336 g/mol. The number of rotatable bonds is 2. The monoisotopic (exact) mass is 358 g/mol. The van der Waals surface area contributed by atoms with Gasteiger partial charge in [0.05, 0.1) is 11.8 Å². The molecule has 136 valence electrons. The number of amides is 2. The third kappa shape index (κ3) is 2.40. The van der Waals surface area contributed by atoms with Gasteiger partial charge < -0.3 is 0 Å². The van der Waals surface area contributed by atoms with Gasteiger partial charge in [0, 0.05) is 25.7 Å². The number of hydrogen-bond donors (Lipinski definition) is 0. The molecule has 4 nitrogen and oxygen atoms in total. The highest BCUT2D eigenvalue weighted by molar-refractivity contribution is 6.06. The summed E-state index contributed by atoms with van der Waals surface area (Å²) in [7, 11) is 1.63. The lowest BCUT2D eigenvalue weighted by molar-refractivity contribution is -0.139. The van der Waals surface area contributed by atoms with Gasteiger partial charge in [-0.1, -0.05) is 72.3 Å². The Morgan fingerprint density at radius 2 is 1.44 bits per heavy atom. The molecule has 3 heterocycles. The Morgan fingerprint density at radius 1 is 0.852 bits per heavy atom. The molecule has 2 amide bonds. The Morgan fingerprint density at radius 3 is 2.11 bits per heavy atom.